The molecule has 0 atom stereocenters. The smallest absolute Gasteiger partial charge is 0.315 e. The Morgan fingerprint density at radius 2 is 1.80 bits per heavy atom. The number of alkyl halides is 1. The molecular formula is C10H18ClN3O. The highest BCUT2D eigenvalue weighted by Gasteiger charge is 2.33. The van der Waals surface area contributed by atoms with E-state index in [-0.39, 0.29) is 16.8 Å². The molecule has 5 heteroatoms. The molecule has 0 saturated carbocycles. The minimum Gasteiger partial charge on any atom is -0.407 e. The van der Waals surface area contributed by atoms with Crippen molar-refractivity contribution in [2.75, 3.05) is 5.32 Å². The van der Waals surface area contributed by atoms with Crippen molar-refractivity contribution in [1.29, 1.82) is 0 Å². The van der Waals surface area contributed by atoms with Gasteiger partial charge in [-0.1, -0.05) is 25.9 Å². The fraction of sp³-hybridized carbons (Fsp3) is 0.800. The predicted octanol–water partition coefficient (Wildman–Crippen LogP) is 3.05. The molecule has 1 heterocycles. The molecule has 0 aromatic carbocycles. The van der Waals surface area contributed by atoms with Crippen molar-refractivity contribution in [3.63, 3.8) is 0 Å². The predicted molar refractivity (Wildman–Crippen MR) is 61.0 cm³/mol. The fourth-order valence-electron chi connectivity index (χ4n) is 0.813. The molecule has 0 saturated heterocycles. The highest BCUT2D eigenvalue weighted by molar-refractivity contribution is 6.16. The molecule has 15 heavy (non-hydrogen) atoms. The van der Waals surface area contributed by atoms with E-state index >= 15 is 0 Å². The van der Waals surface area contributed by atoms with E-state index in [9.17, 15) is 0 Å². The second kappa shape index (κ2) is 4.00. The molecule has 0 spiro atoms. The quantitative estimate of drug-likeness (QED) is 0.813. The average molecular weight is 232 g/mol. The van der Waals surface area contributed by atoms with E-state index < -0.39 is 0 Å². The van der Waals surface area contributed by atoms with Crippen molar-refractivity contribution < 1.29 is 4.42 Å². The van der Waals surface area contributed by atoms with E-state index in [0.717, 1.165) is 0 Å². The van der Waals surface area contributed by atoms with E-state index in [0.29, 0.717) is 11.9 Å². The van der Waals surface area contributed by atoms with Crippen LogP contribution in [0.1, 0.15) is 40.5 Å². The third kappa shape index (κ3) is 2.84. The molecular weight excluding hydrogens is 214 g/mol. The Labute approximate surface area is 95.4 Å². The first kappa shape index (κ1) is 12.3. The fourth-order valence-corrected chi connectivity index (χ4v) is 0.921. The second-order valence-corrected chi connectivity index (χ2v) is 5.40. The normalized spacial score (nSPS) is 12.9. The van der Waals surface area contributed by atoms with Gasteiger partial charge in [-0.3, -0.25) is 0 Å². The van der Waals surface area contributed by atoms with Crippen LogP contribution in [0.3, 0.4) is 0 Å². The lowest BCUT2D eigenvalue weighted by Crippen LogP contribution is -2.44. The van der Waals surface area contributed by atoms with E-state index in [1.54, 1.807) is 0 Å². The van der Waals surface area contributed by atoms with Crippen molar-refractivity contribution >= 4 is 17.6 Å². The Morgan fingerprint density at radius 3 is 2.20 bits per heavy atom. The summed E-state index contributed by atoms with van der Waals surface area (Å²) in [7, 11) is 0. The van der Waals surface area contributed by atoms with Crippen LogP contribution < -0.4 is 5.32 Å². The molecule has 0 radical (unpaired) electrons. The third-order valence-corrected chi connectivity index (χ3v) is 3.10. The summed E-state index contributed by atoms with van der Waals surface area (Å²) in [6, 6.07) is 0.422. The highest BCUT2D eigenvalue weighted by Crippen LogP contribution is 2.32. The molecule has 86 valence electrons. The van der Waals surface area contributed by atoms with Gasteiger partial charge in [-0.25, -0.2) is 0 Å². The number of hydrogen-bond donors (Lipinski definition) is 1. The molecule has 1 aromatic rings. The van der Waals surface area contributed by atoms with Gasteiger partial charge >= 0.3 is 6.01 Å². The standard InChI is InChI=1S/C10H18ClN3O/c1-9(2,3)10(4,5)12-8-14-13-7(6-11)15-8/h6H2,1-5H3,(H,12,14). The van der Waals surface area contributed by atoms with Gasteiger partial charge in [0.05, 0.1) is 0 Å². The second-order valence-electron chi connectivity index (χ2n) is 5.13. The Hall–Kier alpha value is -0.770. The number of aromatic nitrogens is 2. The summed E-state index contributed by atoms with van der Waals surface area (Å²) in [4.78, 5) is 0. The topological polar surface area (TPSA) is 51.0 Å². The van der Waals surface area contributed by atoms with Gasteiger partial charge in [0.1, 0.15) is 5.88 Å². The molecule has 1 N–H and O–H groups in total. The van der Waals surface area contributed by atoms with E-state index in [4.69, 9.17) is 16.0 Å². The summed E-state index contributed by atoms with van der Waals surface area (Å²) < 4.78 is 5.30. The summed E-state index contributed by atoms with van der Waals surface area (Å²) in [6.07, 6.45) is 0. The Bertz CT molecular complexity index is 328. The summed E-state index contributed by atoms with van der Waals surface area (Å²) in [5.74, 6) is 0.675. The van der Waals surface area contributed by atoms with Crippen LogP contribution >= 0.6 is 11.6 Å². The third-order valence-electron chi connectivity index (χ3n) is 2.88. The number of anilines is 1. The van der Waals surface area contributed by atoms with Gasteiger partial charge in [-0.15, -0.1) is 16.7 Å². The summed E-state index contributed by atoms with van der Waals surface area (Å²) in [5, 5.41) is 10.9. The summed E-state index contributed by atoms with van der Waals surface area (Å²) in [6.45, 7) is 10.6. The maximum atomic E-state index is 5.58. The van der Waals surface area contributed by atoms with Gasteiger partial charge in [-0.05, 0) is 19.3 Å². The highest BCUT2D eigenvalue weighted by atomic mass is 35.5. The lowest BCUT2D eigenvalue weighted by molar-refractivity contribution is 0.248. The SMILES string of the molecule is CC(C)(C)C(C)(C)Nc1nnc(CCl)o1. The van der Waals surface area contributed by atoms with Crippen LogP contribution in [-0.2, 0) is 5.88 Å². The van der Waals surface area contributed by atoms with Crippen molar-refractivity contribution in [3.05, 3.63) is 5.89 Å². The molecule has 1 aromatic heterocycles. The van der Waals surface area contributed by atoms with Gasteiger partial charge in [0, 0.05) is 5.54 Å². The van der Waals surface area contributed by atoms with Gasteiger partial charge < -0.3 is 9.73 Å². The maximum absolute atomic E-state index is 5.58. The largest absolute Gasteiger partial charge is 0.407 e. The zero-order valence-corrected chi connectivity index (χ0v) is 10.6. The molecule has 4 nitrogen and oxygen atoms in total. The molecule has 0 aliphatic carbocycles. The number of hydrogen-bond acceptors (Lipinski definition) is 4. The van der Waals surface area contributed by atoms with E-state index in [1.165, 1.54) is 0 Å². The van der Waals surface area contributed by atoms with Gasteiger partial charge in [0.15, 0.2) is 0 Å². The van der Waals surface area contributed by atoms with Crippen LogP contribution in [-0.4, -0.2) is 15.7 Å². The minimum atomic E-state index is -0.136. The molecule has 0 aliphatic rings. The molecule has 1 rings (SSSR count). The van der Waals surface area contributed by atoms with Crippen molar-refractivity contribution in [2.24, 2.45) is 5.41 Å². The lowest BCUT2D eigenvalue weighted by Gasteiger charge is -2.38. The van der Waals surface area contributed by atoms with Crippen LogP contribution in [0.4, 0.5) is 6.01 Å². The van der Waals surface area contributed by atoms with E-state index in [2.05, 4.69) is 50.1 Å². The molecule has 0 aliphatic heterocycles. The van der Waals surface area contributed by atoms with Crippen molar-refractivity contribution in [1.82, 2.24) is 10.2 Å². The first-order valence-corrected chi connectivity index (χ1v) is 5.46. The maximum Gasteiger partial charge on any atom is 0.315 e. The van der Waals surface area contributed by atoms with Crippen molar-refractivity contribution in [2.45, 2.75) is 46.0 Å². The van der Waals surface area contributed by atoms with Crippen molar-refractivity contribution in [3.8, 4) is 0 Å². The van der Waals surface area contributed by atoms with Crippen LogP contribution in [0.2, 0.25) is 0 Å². The summed E-state index contributed by atoms with van der Waals surface area (Å²) >= 11 is 5.58. The molecule has 0 bridgehead atoms. The van der Waals surface area contributed by atoms with Gasteiger partial charge in [0.25, 0.3) is 0 Å². The number of nitrogens with zero attached hydrogens (tertiary/aromatic N) is 2. The zero-order valence-electron chi connectivity index (χ0n) is 9.89. The van der Waals surface area contributed by atoms with Gasteiger partial charge in [-0.2, -0.15) is 0 Å². The zero-order chi connectivity index (χ0) is 11.7. The molecule has 0 amide bonds. The van der Waals surface area contributed by atoms with Gasteiger partial charge in [0.2, 0.25) is 5.89 Å². The Kier molecular flexibility index (Phi) is 3.28. The first-order valence-electron chi connectivity index (χ1n) is 4.93. The van der Waals surface area contributed by atoms with Crippen LogP contribution in [0.25, 0.3) is 0 Å². The first-order chi connectivity index (χ1) is 6.76. The number of halogens is 1. The molecule has 0 unspecified atom stereocenters. The minimum absolute atomic E-state index is 0.0859. The summed E-state index contributed by atoms with van der Waals surface area (Å²) in [5.41, 5.74) is -0.0499. The average Bonchev–Trinajstić information content (AvgIpc) is 2.49. The Morgan fingerprint density at radius 1 is 1.20 bits per heavy atom. The number of nitrogens with one attached hydrogen (secondary N) is 1. The lowest BCUT2D eigenvalue weighted by atomic mass is 9.76. The van der Waals surface area contributed by atoms with Crippen LogP contribution in [0, 0.1) is 5.41 Å². The monoisotopic (exact) mass is 231 g/mol. The molecule has 0 fully saturated rings. The Balaban J connectivity index is 2.77. The van der Waals surface area contributed by atoms with E-state index in [1.807, 2.05) is 0 Å². The van der Waals surface area contributed by atoms with Crippen LogP contribution in [0.15, 0.2) is 4.42 Å². The number of rotatable bonds is 3. The van der Waals surface area contributed by atoms with Crippen LogP contribution in [0.5, 0.6) is 0 Å².